The highest BCUT2D eigenvalue weighted by Crippen LogP contribution is 2.35. The van der Waals surface area contributed by atoms with Crippen LogP contribution in [0.2, 0.25) is 0 Å². The summed E-state index contributed by atoms with van der Waals surface area (Å²) in [7, 11) is 3.73. The van der Waals surface area contributed by atoms with Crippen LogP contribution in [0.1, 0.15) is 37.3 Å². The molecule has 0 saturated heterocycles. The van der Waals surface area contributed by atoms with Gasteiger partial charge in [0, 0.05) is 25.5 Å². The van der Waals surface area contributed by atoms with E-state index in [2.05, 4.69) is 15.7 Å². The molecule has 0 aliphatic heterocycles. The second-order valence-electron chi connectivity index (χ2n) is 4.05. The van der Waals surface area contributed by atoms with Crippen LogP contribution in [0.25, 0.3) is 0 Å². The molecular formula is C11H18N2OS. The molecule has 0 bridgehead atoms. The van der Waals surface area contributed by atoms with Gasteiger partial charge in [-0.2, -0.15) is 0 Å². The van der Waals surface area contributed by atoms with Gasteiger partial charge in [-0.3, -0.25) is 0 Å². The van der Waals surface area contributed by atoms with Crippen LogP contribution in [-0.4, -0.2) is 25.2 Å². The zero-order chi connectivity index (χ0) is 10.7. The van der Waals surface area contributed by atoms with Gasteiger partial charge in [-0.25, -0.2) is 4.98 Å². The van der Waals surface area contributed by atoms with Gasteiger partial charge in [0.25, 0.3) is 0 Å². The fraction of sp³-hybridized carbons (Fsp3) is 0.727. The van der Waals surface area contributed by atoms with E-state index in [9.17, 15) is 0 Å². The van der Waals surface area contributed by atoms with E-state index in [0.29, 0.717) is 12.0 Å². The molecule has 0 radical (unpaired) electrons. The predicted molar refractivity (Wildman–Crippen MR) is 63.7 cm³/mol. The first kappa shape index (κ1) is 10.9. The number of methoxy groups -OCH3 is 1. The summed E-state index contributed by atoms with van der Waals surface area (Å²) >= 11 is 1.69. The molecule has 1 fully saturated rings. The third kappa shape index (κ3) is 2.49. The van der Waals surface area contributed by atoms with Crippen molar-refractivity contribution in [3.8, 4) is 0 Å². The van der Waals surface area contributed by atoms with Gasteiger partial charge in [0.05, 0.1) is 11.8 Å². The molecule has 1 aromatic heterocycles. The molecule has 0 aromatic carbocycles. The molecule has 1 aliphatic rings. The molecular weight excluding hydrogens is 208 g/mol. The van der Waals surface area contributed by atoms with E-state index >= 15 is 0 Å². The quantitative estimate of drug-likeness (QED) is 0.860. The van der Waals surface area contributed by atoms with Crippen molar-refractivity contribution in [2.45, 2.75) is 37.7 Å². The summed E-state index contributed by atoms with van der Waals surface area (Å²) in [6, 6.07) is 0. The van der Waals surface area contributed by atoms with Gasteiger partial charge in [0.2, 0.25) is 0 Å². The lowest BCUT2D eigenvalue weighted by molar-refractivity contribution is 0.0631. The monoisotopic (exact) mass is 226 g/mol. The molecule has 15 heavy (non-hydrogen) atoms. The van der Waals surface area contributed by atoms with Gasteiger partial charge < -0.3 is 10.1 Å². The molecule has 1 N–H and O–H groups in total. The highest BCUT2D eigenvalue weighted by molar-refractivity contribution is 7.13. The second kappa shape index (κ2) is 4.94. The predicted octanol–water partition coefficient (Wildman–Crippen LogP) is 2.86. The average Bonchev–Trinajstić information content (AvgIpc) is 2.78. The van der Waals surface area contributed by atoms with Gasteiger partial charge in [0.1, 0.15) is 0 Å². The molecule has 84 valence electrons. The van der Waals surface area contributed by atoms with Crippen molar-refractivity contribution in [2.24, 2.45) is 0 Å². The van der Waals surface area contributed by atoms with Crippen LogP contribution < -0.4 is 5.32 Å². The number of thiazole rings is 1. The maximum atomic E-state index is 5.44. The standard InChI is InChI=1S/C11H18N2OS/c1-12-11-13-10(7-15-11)8-4-3-5-9(6-8)14-2/h7-9H,3-6H2,1-2H3,(H,12,13). The van der Waals surface area contributed by atoms with Crippen molar-refractivity contribution in [3.05, 3.63) is 11.1 Å². The molecule has 2 unspecified atom stereocenters. The van der Waals surface area contributed by atoms with Crippen molar-refractivity contribution in [1.82, 2.24) is 4.98 Å². The first-order valence-electron chi connectivity index (χ1n) is 5.49. The average molecular weight is 226 g/mol. The van der Waals surface area contributed by atoms with Crippen LogP contribution >= 0.6 is 11.3 Å². The van der Waals surface area contributed by atoms with E-state index in [1.165, 1.54) is 25.0 Å². The van der Waals surface area contributed by atoms with E-state index < -0.39 is 0 Å². The SMILES string of the molecule is CNc1nc(C2CCCC(OC)C2)cs1. The van der Waals surface area contributed by atoms with Crippen molar-refractivity contribution in [1.29, 1.82) is 0 Å². The summed E-state index contributed by atoms with van der Waals surface area (Å²) in [4.78, 5) is 4.57. The topological polar surface area (TPSA) is 34.2 Å². The molecule has 1 aromatic rings. The Labute approximate surface area is 94.9 Å². The zero-order valence-electron chi connectivity index (χ0n) is 9.32. The largest absolute Gasteiger partial charge is 0.381 e. The summed E-state index contributed by atoms with van der Waals surface area (Å²) in [5, 5.41) is 6.28. The Hall–Kier alpha value is -0.610. The number of ether oxygens (including phenoxy) is 1. The summed E-state index contributed by atoms with van der Waals surface area (Å²) in [5.74, 6) is 0.599. The van der Waals surface area contributed by atoms with Crippen LogP contribution in [0, 0.1) is 0 Å². The second-order valence-corrected chi connectivity index (χ2v) is 4.91. The molecule has 0 spiro atoms. The van der Waals surface area contributed by atoms with E-state index in [-0.39, 0.29) is 0 Å². The Morgan fingerprint density at radius 2 is 2.40 bits per heavy atom. The maximum Gasteiger partial charge on any atom is 0.182 e. The van der Waals surface area contributed by atoms with Crippen LogP contribution in [0.5, 0.6) is 0 Å². The van der Waals surface area contributed by atoms with E-state index in [4.69, 9.17) is 4.74 Å². The Balaban J connectivity index is 2.03. The van der Waals surface area contributed by atoms with Crippen molar-refractivity contribution >= 4 is 16.5 Å². The number of hydrogen-bond acceptors (Lipinski definition) is 4. The number of nitrogens with zero attached hydrogens (tertiary/aromatic N) is 1. The number of anilines is 1. The molecule has 2 rings (SSSR count). The van der Waals surface area contributed by atoms with Crippen molar-refractivity contribution < 1.29 is 4.74 Å². The molecule has 4 heteroatoms. The number of hydrogen-bond donors (Lipinski definition) is 1. The van der Waals surface area contributed by atoms with E-state index in [0.717, 1.165) is 11.6 Å². The van der Waals surface area contributed by atoms with Crippen molar-refractivity contribution in [2.75, 3.05) is 19.5 Å². The molecule has 2 atom stereocenters. The first-order chi connectivity index (χ1) is 7.33. The lowest BCUT2D eigenvalue weighted by Crippen LogP contribution is -2.20. The lowest BCUT2D eigenvalue weighted by Gasteiger charge is -2.26. The number of aromatic nitrogens is 1. The Kier molecular flexibility index (Phi) is 3.59. The van der Waals surface area contributed by atoms with Gasteiger partial charge in [-0.1, -0.05) is 6.42 Å². The number of rotatable bonds is 3. The molecule has 1 aliphatic carbocycles. The molecule has 1 saturated carbocycles. The Morgan fingerprint density at radius 1 is 1.53 bits per heavy atom. The summed E-state index contributed by atoms with van der Waals surface area (Å²) in [6.45, 7) is 0. The van der Waals surface area contributed by atoms with Crippen LogP contribution in [-0.2, 0) is 4.74 Å². The molecule has 1 heterocycles. The normalized spacial score (nSPS) is 26.5. The first-order valence-corrected chi connectivity index (χ1v) is 6.37. The zero-order valence-corrected chi connectivity index (χ0v) is 10.1. The van der Waals surface area contributed by atoms with Crippen LogP contribution in [0.15, 0.2) is 5.38 Å². The molecule has 3 nitrogen and oxygen atoms in total. The molecule has 0 amide bonds. The van der Waals surface area contributed by atoms with E-state index in [1.807, 2.05) is 14.2 Å². The minimum Gasteiger partial charge on any atom is -0.381 e. The smallest absolute Gasteiger partial charge is 0.182 e. The van der Waals surface area contributed by atoms with Gasteiger partial charge in [0.15, 0.2) is 5.13 Å². The number of nitrogens with one attached hydrogen (secondary N) is 1. The van der Waals surface area contributed by atoms with Gasteiger partial charge in [-0.15, -0.1) is 11.3 Å². The van der Waals surface area contributed by atoms with Crippen LogP contribution in [0.3, 0.4) is 0 Å². The fourth-order valence-corrected chi connectivity index (χ4v) is 2.97. The third-order valence-electron chi connectivity index (χ3n) is 3.11. The van der Waals surface area contributed by atoms with Gasteiger partial charge in [-0.05, 0) is 19.3 Å². The summed E-state index contributed by atoms with van der Waals surface area (Å²) in [5.41, 5.74) is 1.24. The van der Waals surface area contributed by atoms with Crippen LogP contribution in [0.4, 0.5) is 5.13 Å². The minimum atomic E-state index is 0.434. The highest BCUT2D eigenvalue weighted by Gasteiger charge is 2.24. The fourth-order valence-electron chi connectivity index (χ4n) is 2.22. The Bertz CT molecular complexity index is 313. The third-order valence-corrected chi connectivity index (χ3v) is 3.99. The maximum absolute atomic E-state index is 5.44. The van der Waals surface area contributed by atoms with Crippen molar-refractivity contribution in [3.63, 3.8) is 0 Å². The Morgan fingerprint density at radius 3 is 3.07 bits per heavy atom. The summed E-state index contributed by atoms with van der Waals surface area (Å²) < 4.78 is 5.44. The summed E-state index contributed by atoms with van der Waals surface area (Å²) in [6.07, 6.45) is 5.28. The van der Waals surface area contributed by atoms with Gasteiger partial charge >= 0.3 is 0 Å². The lowest BCUT2D eigenvalue weighted by atomic mass is 9.85. The minimum absolute atomic E-state index is 0.434. The highest BCUT2D eigenvalue weighted by atomic mass is 32.1. The van der Waals surface area contributed by atoms with E-state index in [1.54, 1.807) is 11.3 Å².